The number of hydrogen-bond acceptors (Lipinski definition) is 7. The zero-order chi connectivity index (χ0) is 28.0. The molecule has 1 N–H and O–H groups in total. The first kappa shape index (κ1) is 27.7. The highest BCUT2D eigenvalue weighted by atomic mass is 16.5. The van der Waals surface area contributed by atoms with Gasteiger partial charge in [-0.15, -0.1) is 10.3 Å². The van der Waals surface area contributed by atoms with Crippen LogP contribution in [0.4, 0.5) is 0 Å². The SMILES string of the molecule is COc1cc2c(c(OC)c1OC)-c1ccc(OC)c(=O)cc1[C@@H](NC(=O)[C@@H]1CC(C)(C)N([O])C1(C)C)CC2. The molecule has 1 fully saturated rings. The van der Waals surface area contributed by atoms with Gasteiger partial charge in [-0.2, -0.15) is 0 Å². The van der Waals surface area contributed by atoms with E-state index in [4.69, 9.17) is 18.9 Å². The molecule has 0 aromatic heterocycles. The smallest absolute Gasteiger partial charge is 0.225 e. The Bertz CT molecular complexity index is 1300. The standard InChI is InChI=1S/C29H37N2O7/c1-28(2)15-19(29(3,4)31(28)34)27(33)30-20-11-9-16-13-23(36-6)25(37-7)26(38-8)24(16)17-10-12-22(35-5)21(32)14-18(17)20/h10,12-14,19-20H,9,11,15H2,1-8H3,(H,30,33)/t19-,20-/m0/s1. The van der Waals surface area contributed by atoms with Gasteiger partial charge < -0.3 is 24.3 Å². The number of hydrogen-bond donors (Lipinski definition) is 1. The van der Waals surface area contributed by atoms with Gasteiger partial charge in [-0.25, -0.2) is 0 Å². The third-order valence-electron chi connectivity index (χ3n) is 7.98. The molecule has 1 aliphatic carbocycles. The van der Waals surface area contributed by atoms with Crippen LogP contribution in [-0.2, 0) is 16.4 Å². The van der Waals surface area contributed by atoms with Crippen LogP contribution in [-0.4, -0.2) is 50.5 Å². The van der Waals surface area contributed by atoms with Crippen molar-refractivity contribution in [2.24, 2.45) is 5.92 Å². The number of benzene rings is 1. The van der Waals surface area contributed by atoms with Gasteiger partial charge in [0.2, 0.25) is 17.1 Å². The van der Waals surface area contributed by atoms with Crippen LogP contribution < -0.4 is 29.7 Å². The van der Waals surface area contributed by atoms with E-state index in [1.807, 2.05) is 26.0 Å². The Kier molecular flexibility index (Phi) is 7.38. The van der Waals surface area contributed by atoms with Gasteiger partial charge in [-0.1, -0.05) is 6.07 Å². The van der Waals surface area contributed by atoms with E-state index in [-0.39, 0.29) is 17.1 Å². The van der Waals surface area contributed by atoms with Crippen LogP contribution in [0, 0.1) is 5.92 Å². The first-order valence-electron chi connectivity index (χ1n) is 12.7. The quantitative estimate of drug-likeness (QED) is 0.606. The number of hydroxylamine groups is 2. The monoisotopic (exact) mass is 525 g/mol. The van der Waals surface area contributed by atoms with Crippen molar-refractivity contribution < 1.29 is 28.9 Å². The van der Waals surface area contributed by atoms with Gasteiger partial charge in [-0.3, -0.25) is 9.59 Å². The molecule has 1 amide bonds. The molecule has 0 bridgehead atoms. The van der Waals surface area contributed by atoms with E-state index < -0.39 is 23.0 Å². The molecule has 2 aliphatic rings. The third kappa shape index (κ3) is 4.47. The second-order valence-electron chi connectivity index (χ2n) is 11.1. The zero-order valence-electron chi connectivity index (χ0n) is 23.4. The molecule has 38 heavy (non-hydrogen) atoms. The molecule has 2 aromatic carbocycles. The summed E-state index contributed by atoms with van der Waals surface area (Å²) in [6.45, 7) is 7.32. The molecule has 9 nitrogen and oxygen atoms in total. The molecule has 0 unspecified atom stereocenters. The van der Waals surface area contributed by atoms with E-state index in [1.54, 1.807) is 41.2 Å². The van der Waals surface area contributed by atoms with E-state index in [2.05, 4.69) is 5.32 Å². The lowest BCUT2D eigenvalue weighted by atomic mass is 9.85. The number of amides is 1. The minimum atomic E-state index is -0.873. The topological polar surface area (TPSA) is 106 Å². The molecule has 0 saturated carbocycles. The fourth-order valence-electron chi connectivity index (χ4n) is 6.06. The Labute approximate surface area is 223 Å². The summed E-state index contributed by atoms with van der Waals surface area (Å²) in [5.41, 5.74) is 1.23. The van der Waals surface area contributed by atoms with E-state index >= 15 is 0 Å². The second-order valence-corrected chi connectivity index (χ2v) is 11.1. The fourth-order valence-corrected chi connectivity index (χ4v) is 6.06. The molecule has 4 rings (SSSR count). The van der Waals surface area contributed by atoms with Crippen LogP contribution in [0.15, 0.2) is 29.1 Å². The van der Waals surface area contributed by atoms with Crippen LogP contribution in [0.5, 0.6) is 23.0 Å². The highest BCUT2D eigenvalue weighted by Crippen LogP contribution is 2.50. The minimum absolute atomic E-state index is 0.185. The van der Waals surface area contributed by atoms with Gasteiger partial charge >= 0.3 is 0 Å². The van der Waals surface area contributed by atoms with Crippen molar-refractivity contribution in [2.45, 2.75) is 64.1 Å². The number of fused-ring (bicyclic) bond motifs is 3. The number of methoxy groups -OCH3 is 4. The van der Waals surface area contributed by atoms with Gasteiger partial charge in [0.05, 0.1) is 45.9 Å². The van der Waals surface area contributed by atoms with Gasteiger partial charge in [-0.05, 0) is 81.8 Å². The maximum Gasteiger partial charge on any atom is 0.225 e. The van der Waals surface area contributed by atoms with Gasteiger partial charge in [0.15, 0.2) is 17.2 Å². The number of aryl methyl sites for hydroxylation is 1. The van der Waals surface area contributed by atoms with Crippen molar-refractivity contribution in [3.63, 3.8) is 0 Å². The van der Waals surface area contributed by atoms with E-state index in [9.17, 15) is 14.8 Å². The summed E-state index contributed by atoms with van der Waals surface area (Å²) in [6, 6.07) is 6.38. The van der Waals surface area contributed by atoms with Crippen molar-refractivity contribution in [1.29, 1.82) is 0 Å². The molecule has 1 aliphatic heterocycles. The molecule has 2 atom stereocenters. The first-order valence-corrected chi connectivity index (χ1v) is 12.7. The normalized spacial score (nSPS) is 21.5. The number of nitrogens with zero attached hydrogens (tertiary/aromatic N) is 1. The van der Waals surface area contributed by atoms with Gasteiger partial charge in [0.1, 0.15) is 0 Å². The Hall–Kier alpha value is -3.30. The summed E-state index contributed by atoms with van der Waals surface area (Å²) < 4.78 is 22.4. The Morgan fingerprint density at radius 1 is 0.947 bits per heavy atom. The van der Waals surface area contributed by atoms with Crippen LogP contribution >= 0.6 is 0 Å². The molecule has 2 aromatic rings. The minimum Gasteiger partial charge on any atom is -0.493 e. The van der Waals surface area contributed by atoms with Gasteiger partial charge in [0.25, 0.3) is 0 Å². The summed E-state index contributed by atoms with van der Waals surface area (Å²) >= 11 is 0. The van der Waals surface area contributed by atoms with Crippen LogP contribution in [0.1, 0.15) is 57.7 Å². The predicted molar refractivity (Wildman–Crippen MR) is 142 cm³/mol. The number of ether oxygens (including phenoxy) is 4. The Morgan fingerprint density at radius 3 is 2.16 bits per heavy atom. The Morgan fingerprint density at radius 2 is 1.61 bits per heavy atom. The zero-order valence-corrected chi connectivity index (χ0v) is 23.4. The first-order chi connectivity index (χ1) is 17.9. The summed E-state index contributed by atoms with van der Waals surface area (Å²) in [5.74, 6) is 0.903. The fraction of sp³-hybridized carbons (Fsp3) is 0.517. The second kappa shape index (κ2) is 10.1. The molecular formula is C29H37N2O7. The third-order valence-corrected chi connectivity index (χ3v) is 7.98. The molecule has 9 heteroatoms. The number of nitrogens with one attached hydrogen (secondary N) is 1. The maximum atomic E-state index is 13.7. The predicted octanol–water partition coefficient (Wildman–Crippen LogP) is 4.08. The van der Waals surface area contributed by atoms with Crippen molar-refractivity contribution in [2.75, 3.05) is 28.4 Å². The summed E-state index contributed by atoms with van der Waals surface area (Å²) in [7, 11) is 6.11. The lowest BCUT2D eigenvalue weighted by Gasteiger charge is -2.33. The lowest BCUT2D eigenvalue weighted by Crippen LogP contribution is -2.49. The number of carbonyl (C=O) groups excluding carboxylic acids is 1. The maximum absolute atomic E-state index is 13.7. The van der Waals surface area contributed by atoms with Gasteiger partial charge in [0, 0.05) is 11.1 Å². The largest absolute Gasteiger partial charge is 0.493 e. The van der Waals surface area contributed by atoms with Crippen molar-refractivity contribution in [1.82, 2.24) is 10.4 Å². The number of rotatable bonds is 6. The molecule has 1 heterocycles. The molecular weight excluding hydrogens is 488 g/mol. The Balaban J connectivity index is 1.88. The van der Waals surface area contributed by atoms with Crippen LogP contribution in [0.25, 0.3) is 11.1 Å². The van der Waals surface area contributed by atoms with E-state index in [1.165, 1.54) is 13.2 Å². The van der Waals surface area contributed by atoms with Crippen molar-refractivity contribution >= 4 is 5.91 Å². The summed E-state index contributed by atoms with van der Waals surface area (Å²) in [5, 5.41) is 17.2. The molecule has 205 valence electrons. The average Bonchev–Trinajstić information content (AvgIpc) is 3.03. The van der Waals surface area contributed by atoms with Crippen LogP contribution in [0.2, 0.25) is 0 Å². The lowest BCUT2D eigenvalue weighted by molar-refractivity contribution is -0.247. The highest BCUT2D eigenvalue weighted by molar-refractivity contribution is 5.85. The number of carbonyl (C=O) groups is 1. The average molecular weight is 526 g/mol. The molecule has 0 spiro atoms. The molecule has 1 saturated heterocycles. The van der Waals surface area contributed by atoms with Crippen molar-refractivity contribution in [3.05, 3.63) is 45.6 Å². The summed E-state index contributed by atoms with van der Waals surface area (Å²) in [4.78, 5) is 26.8. The molecule has 1 radical (unpaired) electrons. The van der Waals surface area contributed by atoms with Crippen molar-refractivity contribution in [3.8, 4) is 34.1 Å². The van der Waals surface area contributed by atoms with E-state index in [0.717, 1.165) is 21.8 Å². The van der Waals surface area contributed by atoms with E-state index in [0.29, 0.717) is 42.1 Å². The van der Waals surface area contributed by atoms with Crippen LogP contribution in [0.3, 0.4) is 0 Å². The summed E-state index contributed by atoms with van der Waals surface area (Å²) in [6.07, 6.45) is 1.53. The highest BCUT2D eigenvalue weighted by Gasteiger charge is 2.55.